The van der Waals surface area contributed by atoms with Gasteiger partial charge in [0.15, 0.2) is 6.04 Å². The molecule has 4 heteroatoms. The predicted molar refractivity (Wildman–Crippen MR) is 132 cm³/mol. The summed E-state index contributed by atoms with van der Waals surface area (Å²) in [7, 11) is 0. The number of rotatable bonds is 7. The van der Waals surface area contributed by atoms with E-state index in [1.54, 1.807) is 4.90 Å². The van der Waals surface area contributed by atoms with E-state index in [0.717, 1.165) is 49.5 Å². The Balaban J connectivity index is 1.30. The highest BCUT2D eigenvalue weighted by atomic mass is 16.2. The van der Waals surface area contributed by atoms with Crippen molar-refractivity contribution in [2.24, 2.45) is 0 Å². The van der Waals surface area contributed by atoms with Crippen LogP contribution in [0.2, 0.25) is 0 Å². The van der Waals surface area contributed by atoms with E-state index in [4.69, 9.17) is 0 Å². The van der Waals surface area contributed by atoms with Crippen LogP contribution in [0.4, 0.5) is 5.69 Å². The first kappa shape index (κ1) is 22.0. The number of carbonyl (C=O) groups is 1. The van der Waals surface area contributed by atoms with Crippen molar-refractivity contribution in [2.75, 3.05) is 38.0 Å². The van der Waals surface area contributed by atoms with Crippen LogP contribution in [0.1, 0.15) is 12.5 Å². The van der Waals surface area contributed by atoms with Crippen molar-refractivity contribution in [3.63, 3.8) is 0 Å². The third kappa shape index (κ3) is 5.72. The summed E-state index contributed by atoms with van der Waals surface area (Å²) in [4.78, 5) is 16.0. The lowest BCUT2D eigenvalue weighted by molar-refractivity contribution is -1.02. The van der Waals surface area contributed by atoms with Crippen LogP contribution < -0.4 is 15.1 Å². The van der Waals surface area contributed by atoms with Gasteiger partial charge in [-0.25, -0.2) is 0 Å². The van der Waals surface area contributed by atoms with Crippen LogP contribution >= 0.6 is 0 Å². The average molecular weight is 428 g/mol. The van der Waals surface area contributed by atoms with Crippen molar-refractivity contribution in [2.45, 2.75) is 13.0 Å². The van der Waals surface area contributed by atoms with E-state index in [9.17, 15) is 4.79 Å². The molecule has 3 N–H and O–H groups in total. The number of quaternary nitrogens is 2. The summed E-state index contributed by atoms with van der Waals surface area (Å²) in [5.74, 6) is 0.0933. The number of carbonyl (C=O) groups excluding carboxylic acids is 1. The van der Waals surface area contributed by atoms with Gasteiger partial charge in [-0.15, -0.1) is 0 Å². The van der Waals surface area contributed by atoms with Crippen molar-refractivity contribution >= 4 is 17.7 Å². The van der Waals surface area contributed by atoms with Gasteiger partial charge in [0.2, 0.25) is 0 Å². The highest BCUT2D eigenvalue weighted by Crippen LogP contribution is 2.27. The topological polar surface area (TPSA) is 38.0 Å². The highest BCUT2D eigenvalue weighted by molar-refractivity contribution is 5.97. The highest BCUT2D eigenvalue weighted by Gasteiger charge is 2.30. The minimum Gasteiger partial charge on any atom is -0.322 e. The van der Waals surface area contributed by atoms with Crippen molar-refractivity contribution in [3.8, 4) is 11.1 Å². The van der Waals surface area contributed by atoms with Crippen LogP contribution in [0.25, 0.3) is 17.2 Å². The van der Waals surface area contributed by atoms with E-state index < -0.39 is 0 Å². The number of amides is 1. The zero-order chi connectivity index (χ0) is 22.2. The molecule has 0 saturated carbocycles. The zero-order valence-electron chi connectivity index (χ0n) is 18.8. The molecule has 0 radical (unpaired) electrons. The van der Waals surface area contributed by atoms with E-state index in [0.29, 0.717) is 0 Å². The Morgan fingerprint density at radius 1 is 0.875 bits per heavy atom. The molecule has 0 aromatic heterocycles. The van der Waals surface area contributed by atoms with E-state index in [2.05, 4.69) is 66.9 Å². The number of nitrogens with one attached hydrogen (secondary N) is 3. The molecule has 0 bridgehead atoms. The quantitative estimate of drug-likeness (QED) is 0.531. The molecular formula is C28H33N3O+2. The Kier molecular flexibility index (Phi) is 7.49. The van der Waals surface area contributed by atoms with Gasteiger partial charge in [0.05, 0.1) is 6.54 Å². The van der Waals surface area contributed by atoms with Crippen LogP contribution in [0.3, 0.4) is 0 Å². The maximum atomic E-state index is 13.1. The van der Waals surface area contributed by atoms with Crippen LogP contribution in [-0.4, -0.2) is 44.7 Å². The number of para-hydroxylation sites is 1. The minimum atomic E-state index is -0.0692. The van der Waals surface area contributed by atoms with Gasteiger partial charge >= 0.3 is 0 Å². The monoisotopic (exact) mass is 427 g/mol. The van der Waals surface area contributed by atoms with E-state index >= 15 is 0 Å². The molecule has 1 atom stereocenters. The maximum absolute atomic E-state index is 13.1. The Hall–Kier alpha value is -3.21. The molecule has 1 amide bonds. The molecule has 32 heavy (non-hydrogen) atoms. The number of benzene rings is 3. The Morgan fingerprint density at radius 3 is 2.22 bits per heavy atom. The summed E-state index contributed by atoms with van der Waals surface area (Å²) in [5.41, 5.74) is 4.30. The van der Waals surface area contributed by atoms with E-state index in [-0.39, 0.29) is 11.9 Å². The van der Waals surface area contributed by atoms with Crippen molar-refractivity contribution in [1.82, 2.24) is 0 Å². The maximum Gasteiger partial charge on any atom is 0.282 e. The summed E-state index contributed by atoms with van der Waals surface area (Å²) in [5, 5.41) is 3.19. The third-order valence-corrected chi connectivity index (χ3v) is 6.39. The minimum absolute atomic E-state index is 0.0692. The molecule has 1 heterocycles. The average Bonchev–Trinajstić information content (AvgIpc) is 2.85. The molecule has 1 saturated heterocycles. The lowest BCUT2D eigenvalue weighted by Gasteiger charge is -2.32. The number of hydrogen-bond donors (Lipinski definition) is 3. The molecule has 1 aliphatic heterocycles. The van der Waals surface area contributed by atoms with Gasteiger partial charge < -0.3 is 15.1 Å². The predicted octanol–water partition coefficient (Wildman–Crippen LogP) is 2.18. The fraction of sp³-hybridized carbons (Fsp3) is 0.250. The van der Waals surface area contributed by atoms with Gasteiger partial charge in [-0.2, -0.15) is 0 Å². The van der Waals surface area contributed by atoms with Gasteiger partial charge in [-0.05, 0) is 30.2 Å². The molecule has 0 spiro atoms. The van der Waals surface area contributed by atoms with E-state index in [1.165, 1.54) is 10.5 Å². The van der Waals surface area contributed by atoms with Crippen molar-refractivity contribution in [3.05, 3.63) is 96.6 Å². The second kappa shape index (κ2) is 10.9. The molecule has 0 aliphatic carbocycles. The van der Waals surface area contributed by atoms with Crippen molar-refractivity contribution in [1.29, 1.82) is 0 Å². The molecule has 4 rings (SSSR count). The zero-order valence-corrected chi connectivity index (χ0v) is 18.8. The molecule has 1 aliphatic rings. The normalized spacial score (nSPS) is 19.5. The third-order valence-electron chi connectivity index (χ3n) is 6.39. The second-order valence-corrected chi connectivity index (χ2v) is 8.55. The van der Waals surface area contributed by atoms with Gasteiger partial charge in [-0.1, -0.05) is 84.9 Å². The van der Waals surface area contributed by atoms with E-state index in [1.807, 2.05) is 42.5 Å². The summed E-state index contributed by atoms with van der Waals surface area (Å²) < 4.78 is 0. The number of piperazine rings is 1. The number of hydrogen-bond acceptors (Lipinski definition) is 1. The van der Waals surface area contributed by atoms with Crippen LogP contribution in [0.15, 0.2) is 91.0 Å². The smallest absolute Gasteiger partial charge is 0.282 e. The fourth-order valence-electron chi connectivity index (χ4n) is 4.38. The molecular weight excluding hydrogens is 394 g/mol. The largest absolute Gasteiger partial charge is 0.322 e. The number of anilines is 1. The molecule has 3 aromatic carbocycles. The first-order chi connectivity index (χ1) is 15.7. The van der Waals surface area contributed by atoms with Crippen LogP contribution in [0.5, 0.6) is 0 Å². The first-order valence-electron chi connectivity index (χ1n) is 11.6. The summed E-state index contributed by atoms with van der Waals surface area (Å²) in [6.07, 6.45) is 4.47. The van der Waals surface area contributed by atoms with Gasteiger partial charge in [0, 0.05) is 11.3 Å². The van der Waals surface area contributed by atoms with Gasteiger partial charge in [0.25, 0.3) is 5.91 Å². The Labute approximate surface area is 191 Å². The summed E-state index contributed by atoms with van der Waals surface area (Å²) in [6.45, 7) is 7.30. The molecule has 1 fully saturated rings. The van der Waals surface area contributed by atoms with Crippen LogP contribution in [0, 0.1) is 0 Å². The molecule has 164 valence electrons. The Bertz CT molecular complexity index is 1020. The molecule has 3 aromatic rings. The summed E-state index contributed by atoms with van der Waals surface area (Å²) in [6, 6.07) is 28.6. The Morgan fingerprint density at radius 2 is 1.50 bits per heavy atom. The molecule has 0 unspecified atom stereocenters. The lowest BCUT2D eigenvalue weighted by Crippen LogP contribution is -3.29. The summed E-state index contributed by atoms with van der Waals surface area (Å²) >= 11 is 0. The van der Waals surface area contributed by atoms with Gasteiger partial charge in [-0.3, -0.25) is 4.79 Å². The van der Waals surface area contributed by atoms with Gasteiger partial charge in [0.1, 0.15) is 26.2 Å². The first-order valence-corrected chi connectivity index (χ1v) is 11.6. The fourth-order valence-corrected chi connectivity index (χ4v) is 4.38. The van der Waals surface area contributed by atoms with Crippen molar-refractivity contribution < 1.29 is 14.6 Å². The SMILES string of the molecule is C[C@H](C(=O)Nc1ccccc1-c1ccccc1)[NH+]1CC[NH+](C/C=C/c2ccccc2)CC1. The molecule has 4 nitrogen and oxygen atoms in total. The van der Waals surface area contributed by atoms with Crippen LogP contribution in [-0.2, 0) is 4.79 Å². The lowest BCUT2D eigenvalue weighted by atomic mass is 10.0. The standard InChI is InChI=1S/C28H31N3O/c1-23(28(32)29-27-17-9-8-16-26(27)25-14-6-3-7-15-25)31-21-19-30(20-22-31)18-10-13-24-11-4-2-5-12-24/h2-17,23H,18-22H2,1H3,(H,29,32)/p+2/b13-10+/t23-/m1/s1. The second-order valence-electron chi connectivity index (χ2n) is 8.55.